The Labute approximate surface area is 124 Å². The van der Waals surface area contributed by atoms with Gasteiger partial charge in [0.1, 0.15) is 12.4 Å². The van der Waals surface area contributed by atoms with Crippen molar-refractivity contribution in [3.63, 3.8) is 0 Å². The van der Waals surface area contributed by atoms with Gasteiger partial charge >= 0.3 is 0 Å². The van der Waals surface area contributed by atoms with E-state index in [1.165, 1.54) is 5.56 Å². The molecule has 0 bridgehead atoms. The molecule has 2 N–H and O–H groups in total. The van der Waals surface area contributed by atoms with Gasteiger partial charge in [-0.3, -0.25) is 4.79 Å². The molecule has 0 fully saturated rings. The Morgan fingerprint density at radius 2 is 2.05 bits per heavy atom. The van der Waals surface area contributed by atoms with Gasteiger partial charge in [0.05, 0.1) is 0 Å². The number of nitrogens with two attached hydrogens (primary N) is 1. The SMILES string of the molecule is NCCOc1cccc(C(=O)N2CCc3ccccc32)c1. The predicted molar refractivity (Wildman–Crippen MR) is 82.8 cm³/mol. The minimum Gasteiger partial charge on any atom is -0.492 e. The molecule has 4 nitrogen and oxygen atoms in total. The average Bonchev–Trinajstić information content (AvgIpc) is 2.96. The molecule has 0 saturated heterocycles. The number of nitrogens with zero attached hydrogens (tertiary/aromatic N) is 1. The maximum Gasteiger partial charge on any atom is 0.258 e. The number of amides is 1. The molecule has 2 aromatic rings. The van der Waals surface area contributed by atoms with Gasteiger partial charge in [0.25, 0.3) is 5.91 Å². The van der Waals surface area contributed by atoms with Crippen LogP contribution >= 0.6 is 0 Å². The Hall–Kier alpha value is -2.33. The second-order valence-corrected chi connectivity index (χ2v) is 5.00. The van der Waals surface area contributed by atoms with Crippen molar-refractivity contribution in [3.8, 4) is 5.75 Å². The molecular weight excluding hydrogens is 264 g/mol. The summed E-state index contributed by atoms with van der Waals surface area (Å²) in [6.45, 7) is 1.63. The molecule has 2 aromatic carbocycles. The first-order valence-corrected chi connectivity index (χ1v) is 7.12. The molecule has 108 valence electrons. The summed E-state index contributed by atoms with van der Waals surface area (Å²) >= 11 is 0. The van der Waals surface area contributed by atoms with Crippen molar-refractivity contribution in [3.05, 3.63) is 59.7 Å². The predicted octanol–water partition coefficient (Wildman–Crippen LogP) is 2.23. The third-order valence-corrected chi connectivity index (χ3v) is 3.60. The van der Waals surface area contributed by atoms with Crippen molar-refractivity contribution in [2.24, 2.45) is 5.73 Å². The number of hydrogen-bond donors (Lipinski definition) is 1. The van der Waals surface area contributed by atoms with Crippen LogP contribution in [0, 0.1) is 0 Å². The summed E-state index contributed by atoms with van der Waals surface area (Å²) in [6.07, 6.45) is 0.908. The molecular formula is C17H18N2O2. The summed E-state index contributed by atoms with van der Waals surface area (Å²) < 4.78 is 5.48. The smallest absolute Gasteiger partial charge is 0.258 e. The van der Waals surface area contributed by atoms with Crippen LogP contribution < -0.4 is 15.4 Å². The summed E-state index contributed by atoms with van der Waals surface area (Å²) in [4.78, 5) is 14.5. The minimum absolute atomic E-state index is 0.0122. The quantitative estimate of drug-likeness (QED) is 0.935. The van der Waals surface area contributed by atoms with E-state index in [4.69, 9.17) is 10.5 Å². The van der Waals surface area contributed by atoms with E-state index in [-0.39, 0.29) is 5.91 Å². The van der Waals surface area contributed by atoms with E-state index in [9.17, 15) is 4.79 Å². The standard InChI is InChI=1S/C17H18N2O2/c18-9-11-21-15-6-3-5-14(12-15)17(20)19-10-8-13-4-1-2-7-16(13)19/h1-7,12H,8-11,18H2. The number of fused-ring (bicyclic) bond motifs is 1. The van der Waals surface area contributed by atoms with Gasteiger partial charge in [-0.2, -0.15) is 0 Å². The third-order valence-electron chi connectivity index (χ3n) is 3.60. The molecule has 0 radical (unpaired) electrons. The lowest BCUT2D eigenvalue weighted by Gasteiger charge is -2.17. The van der Waals surface area contributed by atoms with Gasteiger partial charge < -0.3 is 15.4 Å². The van der Waals surface area contributed by atoms with Gasteiger partial charge in [0.2, 0.25) is 0 Å². The molecule has 1 aliphatic rings. The highest BCUT2D eigenvalue weighted by Crippen LogP contribution is 2.29. The molecule has 0 aromatic heterocycles. The molecule has 0 atom stereocenters. The fourth-order valence-electron chi connectivity index (χ4n) is 2.60. The van der Waals surface area contributed by atoms with Gasteiger partial charge in [0, 0.05) is 24.3 Å². The number of benzene rings is 2. The highest BCUT2D eigenvalue weighted by molar-refractivity contribution is 6.07. The highest BCUT2D eigenvalue weighted by Gasteiger charge is 2.25. The number of para-hydroxylation sites is 1. The Balaban J connectivity index is 1.83. The molecule has 1 aliphatic heterocycles. The van der Waals surface area contributed by atoms with Crippen molar-refractivity contribution in [1.82, 2.24) is 0 Å². The topological polar surface area (TPSA) is 55.6 Å². The van der Waals surface area contributed by atoms with E-state index in [0.29, 0.717) is 24.5 Å². The van der Waals surface area contributed by atoms with Crippen molar-refractivity contribution in [2.45, 2.75) is 6.42 Å². The lowest BCUT2D eigenvalue weighted by atomic mass is 10.1. The third kappa shape index (κ3) is 2.76. The molecule has 1 heterocycles. The summed E-state index contributed by atoms with van der Waals surface area (Å²) in [5, 5.41) is 0. The zero-order chi connectivity index (χ0) is 14.7. The molecule has 1 amide bonds. The largest absolute Gasteiger partial charge is 0.492 e. The Kier molecular flexibility index (Phi) is 3.88. The van der Waals surface area contributed by atoms with Crippen molar-refractivity contribution in [2.75, 3.05) is 24.6 Å². The van der Waals surface area contributed by atoms with Crippen LogP contribution in [0.5, 0.6) is 5.75 Å². The maximum atomic E-state index is 12.7. The van der Waals surface area contributed by atoms with Crippen molar-refractivity contribution in [1.29, 1.82) is 0 Å². The normalized spacial score (nSPS) is 13.1. The van der Waals surface area contributed by atoms with Gasteiger partial charge in [-0.15, -0.1) is 0 Å². The fourth-order valence-corrected chi connectivity index (χ4v) is 2.60. The number of anilines is 1. The van der Waals surface area contributed by atoms with Crippen LogP contribution in [0.4, 0.5) is 5.69 Å². The number of hydrogen-bond acceptors (Lipinski definition) is 3. The first kappa shape index (κ1) is 13.6. The second kappa shape index (κ2) is 5.97. The Bertz CT molecular complexity index is 655. The number of carbonyl (C=O) groups is 1. The van der Waals surface area contributed by atoms with Crippen LogP contribution in [0.15, 0.2) is 48.5 Å². The monoisotopic (exact) mass is 282 g/mol. The van der Waals surface area contributed by atoms with E-state index in [2.05, 4.69) is 6.07 Å². The van der Waals surface area contributed by atoms with Crippen LogP contribution in [-0.4, -0.2) is 25.6 Å². The average molecular weight is 282 g/mol. The van der Waals surface area contributed by atoms with Gasteiger partial charge in [-0.1, -0.05) is 24.3 Å². The van der Waals surface area contributed by atoms with Crippen LogP contribution in [0.1, 0.15) is 15.9 Å². The van der Waals surface area contributed by atoms with Crippen LogP contribution in [0.3, 0.4) is 0 Å². The van der Waals surface area contributed by atoms with Crippen molar-refractivity contribution >= 4 is 11.6 Å². The van der Waals surface area contributed by atoms with E-state index in [1.54, 1.807) is 6.07 Å². The number of carbonyl (C=O) groups excluding carboxylic acids is 1. The molecule has 4 heteroatoms. The van der Waals surface area contributed by atoms with Gasteiger partial charge in [-0.25, -0.2) is 0 Å². The van der Waals surface area contributed by atoms with E-state index in [0.717, 1.165) is 18.7 Å². The fraction of sp³-hybridized carbons (Fsp3) is 0.235. The molecule has 0 saturated carbocycles. The zero-order valence-electron chi connectivity index (χ0n) is 11.8. The van der Waals surface area contributed by atoms with E-state index in [1.807, 2.05) is 41.3 Å². The van der Waals surface area contributed by atoms with Gasteiger partial charge in [-0.05, 0) is 36.2 Å². The molecule has 0 aliphatic carbocycles. The van der Waals surface area contributed by atoms with E-state index >= 15 is 0 Å². The molecule has 21 heavy (non-hydrogen) atoms. The number of rotatable bonds is 4. The summed E-state index contributed by atoms with van der Waals surface area (Å²) in [6, 6.07) is 15.3. The first-order valence-electron chi connectivity index (χ1n) is 7.12. The lowest BCUT2D eigenvalue weighted by molar-refractivity contribution is 0.0989. The second-order valence-electron chi connectivity index (χ2n) is 5.00. The molecule has 3 rings (SSSR count). The van der Waals surface area contributed by atoms with Crippen LogP contribution in [0.25, 0.3) is 0 Å². The molecule has 0 unspecified atom stereocenters. The lowest BCUT2D eigenvalue weighted by Crippen LogP contribution is -2.28. The van der Waals surface area contributed by atoms with E-state index < -0.39 is 0 Å². The Morgan fingerprint density at radius 3 is 2.90 bits per heavy atom. The summed E-state index contributed by atoms with van der Waals surface area (Å²) in [7, 11) is 0. The molecule has 0 spiro atoms. The highest BCUT2D eigenvalue weighted by atomic mass is 16.5. The Morgan fingerprint density at radius 1 is 1.19 bits per heavy atom. The maximum absolute atomic E-state index is 12.7. The van der Waals surface area contributed by atoms with Crippen LogP contribution in [-0.2, 0) is 6.42 Å². The zero-order valence-corrected chi connectivity index (χ0v) is 11.8. The summed E-state index contributed by atoms with van der Waals surface area (Å²) in [5.41, 5.74) is 8.30. The minimum atomic E-state index is 0.0122. The van der Waals surface area contributed by atoms with Crippen LogP contribution in [0.2, 0.25) is 0 Å². The number of ether oxygens (including phenoxy) is 1. The first-order chi connectivity index (χ1) is 10.3. The van der Waals surface area contributed by atoms with Crippen molar-refractivity contribution < 1.29 is 9.53 Å². The van der Waals surface area contributed by atoms with Gasteiger partial charge in [0.15, 0.2) is 0 Å². The summed E-state index contributed by atoms with van der Waals surface area (Å²) in [5.74, 6) is 0.692.